The van der Waals surface area contributed by atoms with Gasteiger partial charge in [0.15, 0.2) is 11.6 Å². The van der Waals surface area contributed by atoms with Crippen LogP contribution in [0.2, 0.25) is 0 Å². The van der Waals surface area contributed by atoms with E-state index in [0.29, 0.717) is 12.0 Å². The molecule has 4 nitrogen and oxygen atoms in total. The summed E-state index contributed by atoms with van der Waals surface area (Å²) in [4.78, 5) is 24.7. The zero-order valence-electron chi connectivity index (χ0n) is 28.3. The lowest BCUT2D eigenvalue weighted by Crippen LogP contribution is -2.43. The summed E-state index contributed by atoms with van der Waals surface area (Å²) in [6.45, 7) is 19.8. The molecule has 0 radical (unpaired) electrons. The summed E-state index contributed by atoms with van der Waals surface area (Å²) in [6.07, 6.45) is 28.7. The first-order valence-electron chi connectivity index (χ1n) is 15.4. The molecule has 3 atom stereocenters. The molecule has 4 heteroatoms. The van der Waals surface area contributed by atoms with Crippen LogP contribution >= 0.6 is 0 Å². The van der Waals surface area contributed by atoms with Gasteiger partial charge in [-0.15, -0.1) is 0 Å². The molecule has 0 saturated heterocycles. The van der Waals surface area contributed by atoms with Crippen LogP contribution in [0.4, 0.5) is 0 Å². The van der Waals surface area contributed by atoms with Gasteiger partial charge in [-0.25, -0.2) is 0 Å². The van der Waals surface area contributed by atoms with Crippen molar-refractivity contribution in [1.29, 1.82) is 0 Å². The molecule has 2 aliphatic rings. The summed E-state index contributed by atoms with van der Waals surface area (Å²) in [5, 5.41) is 20.0. The van der Waals surface area contributed by atoms with Crippen molar-refractivity contribution in [3.63, 3.8) is 0 Å². The molecule has 44 heavy (non-hydrogen) atoms. The molecule has 2 aliphatic carbocycles. The molecular weight excluding hydrogens is 544 g/mol. The molecule has 0 aromatic rings. The molecule has 0 saturated carbocycles. The minimum atomic E-state index is -1.01. The average Bonchev–Trinajstić information content (AvgIpc) is 2.92. The van der Waals surface area contributed by atoms with Gasteiger partial charge in [-0.2, -0.15) is 0 Å². The molecule has 0 aliphatic heterocycles. The summed E-state index contributed by atoms with van der Waals surface area (Å²) < 4.78 is 0. The molecule has 2 N–H and O–H groups in total. The number of Topliss-reactive ketones (excluding diaryl/α,β-unsaturated/α-hetero) is 2. The van der Waals surface area contributed by atoms with E-state index in [1.807, 2.05) is 89.3 Å². The highest BCUT2D eigenvalue weighted by molar-refractivity contribution is 6.00. The number of hydrogen-bond donors (Lipinski definition) is 2. The van der Waals surface area contributed by atoms with E-state index >= 15 is 0 Å². The van der Waals surface area contributed by atoms with Gasteiger partial charge in [0.25, 0.3) is 0 Å². The van der Waals surface area contributed by atoms with E-state index in [9.17, 15) is 19.8 Å². The van der Waals surface area contributed by atoms with Crippen LogP contribution in [0.15, 0.2) is 130 Å². The molecule has 0 amide bonds. The molecule has 0 aromatic carbocycles. The lowest BCUT2D eigenvalue weighted by Gasteiger charge is -2.37. The fourth-order valence-electron chi connectivity index (χ4n) is 5.65. The van der Waals surface area contributed by atoms with Gasteiger partial charge >= 0.3 is 0 Å². The molecule has 0 aromatic heterocycles. The number of carbonyl (C=O) groups excluding carboxylic acids is 2. The van der Waals surface area contributed by atoms with Crippen LogP contribution in [0.3, 0.4) is 0 Å². The number of hydrogen-bond acceptors (Lipinski definition) is 4. The van der Waals surface area contributed by atoms with Crippen molar-refractivity contribution in [3.8, 4) is 0 Å². The first-order valence-corrected chi connectivity index (χ1v) is 15.4. The number of ketones is 2. The normalized spacial score (nSPS) is 26.0. The summed E-state index contributed by atoms with van der Waals surface area (Å²) in [6, 6.07) is 0. The lowest BCUT2D eigenvalue weighted by molar-refractivity contribution is -0.135. The summed E-state index contributed by atoms with van der Waals surface area (Å²) in [5.41, 5.74) is 6.16. The average molecular weight is 597 g/mol. The van der Waals surface area contributed by atoms with E-state index < -0.39 is 17.6 Å². The van der Waals surface area contributed by atoms with Gasteiger partial charge in [0.05, 0.1) is 0 Å². The zero-order valence-corrected chi connectivity index (χ0v) is 28.3. The molecule has 236 valence electrons. The summed E-state index contributed by atoms with van der Waals surface area (Å²) in [5.74, 6) is -0.350. The van der Waals surface area contributed by atoms with Gasteiger partial charge in [-0.1, -0.05) is 141 Å². The Morgan fingerprint density at radius 1 is 0.750 bits per heavy atom. The van der Waals surface area contributed by atoms with E-state index in [1.165, 1.54) is 0 Å². The second-order valence-electron chi connectivity index (χ2n) is 13.4. The molecule has 3 unspecified atom stereocenters. The maximum atomic E-state index is 12.4. The topological polar surface area (TPSA) is 74.6 Å². The number of carbonyl (C=O) groups is 2. The van der Waals surface area contributed by atoms with Crippen molar-refractivity contribution in [2.24, 2.45) is 16.7 Å². The van der Waals surface area contributed by atoms with Crippen LogP contribution in [0, 0.1) is 16.7 Å². The minimum Gasteiger partial charge on any atom is -0.385 e. The third-order valence-corrected chi connectivity index (χ3v) is 8.43. The van der Waals surface area contributed by atoms with E-state index in [4.69, 9.17) is 0 Å². The van der Waals surface area contributed by atoms with Gasteiger partial charge in [-0.3, -0.25) is 9.59 Å². The Morgan fingerprint density at radius 2 is 1.23 bits per heavy atom. The second-order valence-corrected chi connectivity index (χ2v) is 13.4. The molecule has 2 rings (SSSR count). The molecule has 0 heterocycles. The Labute approximate surface area is 265 Å². The fraction of sp³-hybridized carbons (Fsp3) is 0.400. The van der Waals surface area contributed by atoms with Crippen LogP contribution in [-0.4, -0.2) is 34.0 Å². The van der Waals surface area contributed by atoms with Crippen LogP contribution in [-0.2, 0) is 9.59 Å². The molecule has 0 fully saturated rings. The van der Waals surface area contributed by atoms with Gasteiger partial charge in [0, 0.05) is 11.3 Å². The predicted molar refractivity (Wildman–Crippen MR) is 185 cm³/mol. The third-order valence-electron chi connectivity index (χ3n) is 8.43. The smallest absolute Gasteiger partial charge is 0.187 e. The van der Waals surface area contributed by atoms with Crippen molar-refractivity contribution >= 4 is 11.6 Å². The Balaban J connectivity index is 1.94. The largest absolute Gasteiger partial charge is 0.385 e. The second kappa shape index (κ2) is 15.9. The number of allylic oxidation sites excluding steroid dienone is 20. The standard InChI is InChI=1S/C40H52O4/c1-27(17-13-19-29(3)21-23-33-31(5)25-35(41)38(44)40(33,9)10)15-11-12-16-28(2)18-14-20-30(4)22-24-34-32(6)37(43)36(42)26-39(34,7)8/h11-25,33,35-36,41-42H,26H2,1-10H3. The van der Waals surface area contributed by atoms with Crippen LogP contribution in [0.1, 0.15) is 75.7 Å². The maximum Gasteiger partial charge on any atom is 0.187 e. The van der Waals surface area contributed by atoms with E-state index in [2.05, 4.69) is 58.1 Å². The summed E-state index contributed by atoms with van der Waals surface area (Å²) in [7, 11) is 0. The maximum absolute atomic E-state index is 12.4. The van der Waals surface area contributed by atoms with E-state index in [1.54, 1.807) is 13.0 Å². The minimum absolute atomic E-state index is 0.0357. The van der Waals surface area contributed by atoms with Gasteiger partial charge in [0.1, 0.15) is 12.2 Å². The zero-order chi connectivity index (χ0) is 33.2. The van der Waals surface area contributed by atoms with Crippen LogP contribution < -0.4 is 0 Å². The predicted octanol–water partition coefficient (Wildman–Crippen LogP) is 8.76. The fourth-order valence-corrected chi connectivity index (χ4v) is 5.65. The SMILES string of the molecule is CC(C=CC=C(C)C=CC1=C(C)C(=O)C(O)CC1(C)C)=CC=CC=C(C)C=CC=C(C)C=CC1C(C)=CC(O)C(=O)C1(C)C. The Hall–Kier alpha value is -3.60. The molecular formula is C40H52O4. The third kappa shape index (κ3) is 10.2. The Morgan fingerprint density at radius 3 is 1.77 bits per heavy atom. The van der Waals surface area contributed by atoms with Crippen molar-refractivity contribution < 1.29 is 19.8 Å². The van der Waals surface area contributed by atoms with Crippen molar-refractivity contribution in [2.45, 2.75) is 87.9 Å². The van der Waals surface area contributed by atoms with E-state index in [0.717, 1.165) is 33.4 Å². The number of aliphatic hydroxyl groups is 2. The highest BCUT2D eigenvalue weighted by atomic mass is 16.3. The van der Waals surface area contributed by atoms with Crippen LogP contribution in [0.5, 0.6) is 0 Å². The van der Waals surface area contributed by atoms with E-state index in [-0.39, 0.29) is 22.9 Å². The van der Waals surface area contributed by atoms with Gasteiger partial charge in [0.2, 0.25) is 0 Å². The van der Waals surface area contributed by atoms with Crippen molar-refractivity contribution in [1.82, 2.24) is 0 Å². The molecule has 0 bridgehead atoms. The quantitative estimate of drug-likeness (QED) is 0.195. The number of aliphatic hydroxyl groups excluding tert-OH is 2. The first kappa shape index (κ1) is 36.6. The van der Waals surface area contributed by atoms with Gasteiger partial charge < -0.3 is 10.2 Å². The molecule has 0 spiro atoms. The Kier molecular flexibility index (Phi) is 13.2. The van der Waals surface area contributed by atoms with Crippen molar-refractivity contribution in [3.05, 3.63) is 130 Å². The lowest BCUT2D eigenvalue weighted by atomic mass is 9.67. The highest BCUT2D eigenvalue weighted by Crippen LogP contribution is 2.40. The summed E-state index contributed by atoms with van der Waals surface area (Å²) >= 11 is 0. The van der Waals surface area contributed by atoms with Gasteiger partial charge in [-0.05, 0) is 70.6 Å². The Bertz CT molecular complexity index is 1440. The van der Waals surface area contributed by atoms with Crippen molar-refractivity contribution in [2.75, 3.05) is 0 Å². The monoisotopic (exact) mass is 596 g/mol. The number of rotatable bonds is 10. The highest BCUT2D eigenvalue weighted by Gasteiger charge is 2.42. The van der Waals surface area contributed by atoms with Crippen LogP contribution in [0.25, 0.3) is 0 Å². The first-order chi connectivity index (χ1) is 20.5.